The van der Waals surface area contributed by atoms with E-state index in [0.29, 0.717) is 27.6 Å². The molecule has 0 amide bonds. The number of hydrogen-bond acceptors (Lipinski definition) is 5. The summed E-state index contributed by atoms with van der Waals surface area (Å²) in [5, 5.41) is 1.91. The van der Waals surface area contributed by atoms with Gasteiger partial charge < -0.3 is 9.72 Å². The smallest absolute Gasteiger partial charge is 0.263 e. The molecule has 1 N–H and O–H groups in total. The molecule has 0 aliphatic rings. The topological polar surface area (TPSA) is 67.9 Å². The Morgan fingerprint density at radius 2 is 1.97 bits per heavy atom. The van der Waals surface area contributed by atoms with Crippen LogP contribution in [0.15, 0.2) is 75.6 Å². The molecule has 29 heavy (non-hydrogen) atoms. The van der Waals surface area contributed by atoms with Gasteiger partial charge >= 0.3 is 0 Å². The molecule has 146 valence electrons. The summed E-state index contributed by atoms with van der Waals surface area (Å²) in [7, 11) is 0. The fraction of sp³-hybridized carbons (Fsp3) is 0.136. The monoisotopic (exact) mass is 423 g/mol. The number of halogens is 1. The fourth-order valence-corrected chi connectivity index (χ4v) is 4.07. The summed E-state index contributed by atoms with van der Waals surface area (Å²) in [4.78, 5) is 25.2. The largest absolute Gasteiger partial charge is 0.478 e. The molecule has 2 aromatic carbocycles. The first-order valence-electron chi connectivity index (χ1n) is 9.20. The van der Waals surface area contributed by atoms with E-state index in [0.717, 1.165) is 28.5 Å². The number of pyridine rings is 1. The Bertz CT molecular complexity index is 1210. The van der Waals surface area contributed by atoms with Gasteiger partial charge in [-0.3, -0.25) is 4.79 Å². The third kappa shape index (κ3) is 4.28. The van der Waals surface area contributed by atoms with E-state index < -0.39 is 0 Å². The maximum atomic E-state index is 13.0. The number of ether oxygens (including phenoxy) is 1. The Morgan fingerprint density at radius 3 is 2.76 bits per heavy atom. The number of fused-ring (bicyclic) bond motifs is 1. The van der Waals surface area contributed by atoms with Gasteiger partial charge in [-0.2, -0.15) is 4.98 Å². The first kappa shape index (κ1) is 19.5. The number of hydrogen-bond donors (Lipinski definition) is 1. The van der Waals surface area contributed by atoms with Gasteiger partial charge in [0.05, 0.1) is 11.5 Å². The van der Waals surface area contributed by atoms with E-state index in [2.05, 4.69) is 15.0 Å². The molecular formula is C22H18ClN3O2S. The zero-order valence-corrected chi connectivity index (χ0v) is 17.3. The van der Waals surface area contributed by atoms with Crippen LogP contribution in [0.5, 0.6) is 5.88 Å². The molecule has 0 radical (unpaired) electrons. The van der Waals surface area contributed by atoms with E-state index in [1.807, 2.05) is 49.4 Å². The molecule has 0 aliphatic carbocycles. The maximum Gasteiger partial charge on any atom is 0.263 e. The minimum absolute atomic E-state index is 0.202. The molecule has 0 atom stereocenters. The van der Waals surface area contributed by atoms with Crippen molar-refractivity contribution in [2.24, 2.45) is 0 Å². The van der Waals surface area contributed by atoms with Crippen molar-refractivity contribution in [2.45, 2.75) is 23.4 Å². The quantitative estimate of drug-likeness (QED) is 0.410. The van der Waals surface area contributed by atoms with Gasteiger partial charge in [-0.1, -0.05) is 48.9 Å². The SMILES string of the molecule is CCCOc1ccnc(Sc2c(-c3ccccc3)c3cc(Cl)ccc3[nH]c2=O)n1. The Morgan fingerprint density at radius 1 is 1.14 bits per heavy atom. The molecule has 5 nitrogen and oxygen atoms in total. The van der Waals surface area contributed by atoms with Gasteiger partial charge in [0.25, 0.3) is 5.56 Å². The predicted molar refractivity (Wildman–Crippen MR) is 117 cm³/mol. The van der Waals surface area contributed by atoms with E-state index in [1.165, 1.54) is 11.8 Å². The number of nitrogens with zero attached hydrogens (tertiary/aromatic N) is 2. The van der Waals surface area contributed by atoms with Gasteiger partial charge in [-0.15, -0.1) is 0 Å². The van der Waals surface area contributed by atoms with E-state index in [-0.39, 0.29) is 5.56 Å². The van der Waals surface area contributed by atoms with Crippen LogP contribution in [-0.2, 0) is 0 Å². The molecule has 2 aromatic heterocycles. The number of nitrogens with one attached hydrogen (secondary N) is 1. The minimum atomic E-state index is -0.202. The van der Waals surface area contributed by atoms with Crippen LogP contribution in [0.3, 0.4) is 0 Å². The van der Waals surface area contributed by atoms with Crippen LogP contribution < -0.4 is 10.3 Å². The number of aromatic amines is 1. The van der Waals surface area contributed by atoms with Crippen LogP contribution in [-0.4, -0.2) is 21.6 Å². The standard InChI is InChI=1S/C22H18ClN3O2S/c1-2-12-28-18-10-11-24-22(26-18)29-20-19(14-6-4-3-5-7-14)16-13-15(23)8-9-17(16)25-21(20)27/h3-11,13H,2,12H2,1H3,(H,25,27). The Labute approximate surface area is 177 Å². The molecule has 0 unspecified atom stereocenters. The summed E-state index contributed by atoms with van der Waals surface area (Å²) in [6.45, 7) is 2.61. The molecule has 7 heteroatoms. The highest BCUT2D eigenvalue weighted by molar-refractivity contribution is 7.99. The highest BCUT2D eigenvalue weighted by Crippen LogP contribution is 2.37. The lowest BCUT2D eigenvalue weighted by atomic mass is 10.0. The molecule has 0 saturated carbocycles. The van der Waals surface area contributed by atoms with Gasteiger partial charge in [-0.05, 0) is 41.9 Å². The summed E-state index contributed by atoms with van der Waals surface area (Å²) in [6, 6.07) is 16.9. The molecule has 2 heterocycles. The molecule has 0 aliphatic heterocycles. The Hall–Kier alpha value is -2.83. The van der Waals surface area contributed by atoms with Gasteiger partial charge in [0.15, 0.2) is 5.16 Å². The van der Waals surface area contributed by atoms with Crippen molar-refractivity contribution in [2.75, 3.05) is 6.61 Å². The van der Waals surface area contributed by atoms with Crippen molar-refractivity contribution >= 4 is 34.3 Å². The molecule has 0 spiro atoms. The lowest BCUT2D eigenvalue weighted by Crippen LogP contribution is -2.11. The van der Waals surface area contributed by atoms with E-state index >= 15 is 0 Å². The average Bonchev–Trinajstić information content (AvgIpc) is 2.74. The second-order valence-corrected chi connectivity index (χ2v) is 7.76. The van der Waals surface area contributed by atoms with Gasteiger partial charge in [0, 0.05) is 33.8 Å². The predicted octanol–water partition coefficient (Wildman–Crippen LogP) is 5.58. The number of rotatable bonds is 6. The second-order valence-electron chi connectivity index (χ2n) is 6.34. The van der Waals surface area contributed by atoms with Gasteiger partial charge in [-0.25, -0.2) is 4.98 Å². The Kier molecular flexibility index (Phi) is 5.83. The van der Waals surface area contributed by atoms with Crippen LogP contribution >= 0.6 is 23.4 Å². The summed E-state index contributed by atoms with van der Waals surface area (Å²) < 4.78 is 5.60. The van der Waals surface area contributed by atoms with Crippen molar-refractivity contribution in [1.82, 2.24) is 15.0 Å². The van der Waals surface area contributed by atoms with Crippen LogP contribution in [0, 0.1) is 0 Å². The zero-order chi connectivity index (χ0) is 20.2. The van der Waals surface area contributed by atoms with E-state index in [1.54, 1.807) is 18.3 Å². The lowest BCUT2D eigenvalue weighted by Gasteiger charge is -2.13. The third-order valence-electron chi connectivity index (χ3n) is 4.25. The van der Waals surface area contributed by atoms with Crippen molar-refractivity contribution in [3.8, 4) is 17.0 Å². The van der Waals surface area contributed by atoms with Crippen molar-refractivity contribution in [3.05, 3.63) is 76.2 Å². The number of H-pyrrole nitrogens is 1. The van der Waals surface area contributed by atoms with Crippen molar-refractivity contribution < 1.29 is 4.74 Å². The molecular weight excluding hydrogens is 406 g/mol. The van der Waals surface area contributed by atoms with E-state index in [9.17, 15) is 4.79 Å². The molecule has 0 fully saturated rings. The normalized spacial score (nSPS) is 11.0. The van der Waals surface area contributed by atoms with Crippen molar-refractivity contribution in [1.29, 1.82) is 0 Å². The van der Waals surface area contributed by atoms with Gasteiger partial charge in [0.1, 0.15) is 0 Å². The lowest BCUT2D eigenvalue weighted by molar-refractivity contribution is 0.302. The van der Waals surface area contributed by atoms with Crippen LogP contribution in [0.1, 0.15) is 13.3 Å². The maximum absolute atomic E-state index is 13.0. The molecule has 4 rings (SSSR count). The summed E-state index contributed by atoms with van der Waals surface area (Å²) in [6.07, 6.45) is 2.52. The summed E-state index contributed by atoms with van der Waals surface area (Å²) in [5.74, 6) is 0.492. The summed E-state index contributed by atoms with van der Waals surface area (Å²) in [5.41, 5.74) is 2.25. The van der Waals surface area contributed by atoms with Crippen LogP contribution in [0.4, 0.5) is 0 Å². The molecule has 0 saturated heterocycles. The molecule has 0 bridgehead atoms. The highest BCUT2D eigenvalue weighted by Gasteiger charge is 2.17. The highest BCUT2D eigenvalue weighted by atomic mass is 35.5. The average molecular weight is 424 g/mol. The number of benzene rings is 2. The van der Waals surface area contributed by atoms with E-state index in [4.69, 9.17) is 16.3 Å². The minimum Gasteiger partial charge on any atom is -0.478 e. The Balaban J connectivity index is 1.88. The first-order chi connectivity index (χ1) is 14.2. The van der Waals surface area contributed by atoms with Gasteiger partial charge in [0.2, 0.25) is 5.88 Å². The van der Waals surface area contributed by atoms with Crippen LogP contribution in [0.2, 0.25) is 5.02 Å². The zero-order valence-electron chi connectivity index (χ0n) is 15.7. The molecule has 4 aromatic rings. The first-order valence-corrected chi connectivity index (χ1v) is 10.4. The summed E-state index contributed by atoms with van der Waals surface area (Å²) >= 11 is 7.47. The third-order valence-corrected chi connectivity index (χ3v) is 5.46. The van der Waals surface area contributed by atoms with Crippen LogP contribution in [0.25, 0.3) is 22.0 Å². The fourth-order valence-electron chi connectivity index (χ4n) is 2.99. The van der Waals surface area contributed by atoms with Crippen molar-refractivity contribution in [3.63, 3.8) is 0 Å². The second kappa shape index (κ2) is 8.68. The number of aromatic nitrogens is 3.